The van der Waals surface area contributed by atoms with Gasteiger partial charge in [0, 0.05) is 11.8 Å². The maximum atomic E-state index is 12.0. The Labute approximate surface area is 169 Å². The van der Waals surface area contributed by atoms with E-state index in [9.17, 15) is 14.7 Å². The third-order valence-corrected chi connectivity index (χ3v) is 3.90. The Morgan fingerprint density at radius 2 is 2.03 bits per heavy atom. The minimum absolute atomic E-state index is 0.0188. The molecule has 1 atom stereocenters. The zero-order valence-corrected chi connectivity index (χ0v) is 16.4. The maximum Gasteiger partial charge on any atom is 0.407 e. The molecule has 2 aromatic rings. The van der Waals surface area contributed by atoms with Crippen molar-refractivity contribution in [3.63, 3.8) is 0 Å². The predicted octanol–water partition coefficient (Wildman–Crippen LogP) is 3.00. The van der Waals surface area contributed by atoms with Crippen LogP contribution in [0.25, 0.3) is 0 Å². The number of carboxylic acid groups (broad SMARTS) is 1. The SMILES string of the molecule is C=CCOC(=O)N[C@@H](COc1cc(C)nc(OC)c1C(=O)O)Cc1ccccc1. The number of alkyl carbamates (subject to hydrolysis) is 1. The summed E-state index contributed by atoms with van der Waals surface area (Å²) in [5, 5.41) is 12.2. The molecule has 0 saturated carbocycles. The number of hydrogen-bond donors (Lipinski definition) is 2. The van der Waals surface area contributed by atoms with Crippen molar-refractivity contribution in [3.05, 3.63) is 65.9 Å². The molecule has 0 aliphatic carbocycles. The van der Waals surface area contributed by atoms with Gasteiger partial charge in [-0.25, -0.2) is 14.6 Å². The van der Waals surface area contributed by atoms with E-state index in [0.29, 0.717) is 12.1 Å². The van der Waals surface area contributed by atoms with Crippen LogP contribution in [0, 0.1) is 6.92 Å². The van der Waals surface area contributed by atoms with Crippen LogP contribution in [0.3, 0.4) is 0 Å². The van der Waals surface area contributed by atoms with E-state index in [4.69, 9.17) is 14.2 Å². The highest BCUT2D eigenvalue weighted by molar-refractivity contribution is 5.93. The van der Waals surface area contributed by atoms with E-state index in [1.807, 2.05) is 30.3 Å². The Kier molecular flexibility index (Phi) is 8.02. The maximum absolute atomic E-state index is 12.0. The van der Waals surface area contributed by atoms with Gasteiger partial charge in [0.1, 0.15) is 19.0 Å². The molecule has 29 heavy (non-hydrogen) atoms. The monoisotopic (exact) mass is 400 g/mol. The molecule has 154 valence electrons. The van der Waals surface area contributed by atoms with Crippen LogP contribution in [0.1, 0.15) is 21.6 Å². The number of nitrogens with one attached hydrogen (secondary N) is 1. The number of aromatic nitrogens is 1. The molecule has 0 unspecified atom stereocenters. The van der Waals surface area contributed by atoms with Gasteiger partial charge in [-0.15, -0.1) is 0 Å². The van der Waals surface area contributed by atoms with Crippen LogP contribution in [0.5, 0.6) is 11.6 Å². The molecule has 0 aliphatic rings. The average Bonchev–Trinajstić information content (AvgIpc) is 2.70. The summed E-state index contributed by atoms with van der Waals surface area (Å²) in [5.74, 6) is -1.14. The van der Waals surface area contributed by atoms with Crippen LogP contribution >= 0.6 is 0 Å². The molecule has 0 spiro atoms. The van der Waals surface area contributed by atoms with Gasteiger partial charge in [-0.3, -0.25) is 0 Å². The largest absolute Gasteiger partial charge is 0.490 e. The number of rotatable bonds is 10. The molecule has 8 nitrogen and oxygen atoms in total. The summed E-state index contributed by atoms with van der Waals surface area (Å²) in [6.07, 6.45) is 1.32. The van der Waals surface area contributed by atoms with Crippen LogP contribution in [-0.2, 0) is 11.2 Å². The molecule has 0 radical (unpaired) electrons. The van der Waals surface area contributed by atoms with Crippen molar-refractivity contribution in [3.8, 4) is 11.6 Å². The number of carboxylic acids is 1. The lowest BCUT2D eigenvalue weighted by atomic mass is 10.1. The van der Waals surface area contributed by atoms with Crippen LogP contribution in [0.15, 0.2) is 49.1 Å². The summed E-state index contributed by atoms with van der Waals surface area (Å²) < 4.78 is 15.8. The summed E-state index contributed by atoms with van der Waals surface area (Å²) in [6.45, 7) is 5.30. The third-order valence-electron chi connectivity index (χ3n) is 3.90. The van der Waals surface area contributed by atoms with Gasteiger partial charge in [0.2, 0.25) is 5.88 Å². The summed E-state index contributed by atoms with van der Waals surface area (Å²) in [7, 11) is 1.34. The second kappa shape index (κ2) is 10.7. The fraction of sp³-hybridized carbons (Fsp3) is 0.286. The number of methoxy groups -OCH3 is 1. The predicted molar refractivity (Wildman–Crippen MR) is 107 cm³/mol. The second-order valence-electron chi connectivity index (χ2n) is 6.18. The van der Waals surface area contributed by atoms with E-state index in [1.165, 1.54) is 19.3 Å². The van der Waals surface area contributed by atoms with Crippen molar-refractivity contribution < 1.29 is 28.9 Å². The molecule has 2 N–H and O–H groups in total. The molecular weight excluding hydrogens is 376 g/mol. The number of ether oxygens (including phenoxy) is 3. The molecule has 1 aromatic heterocycles. The van der Waals surface area contributed by atoms with Gasteiger partial charge in [0.25, 0.3) is 0 Å². The van der Waals surface area contributed by atoms with Crippen LogP contribution in [-0.4, -0.2) is 48.5 Å². The van der Waals surface area contributed by atoms with Crippen molar-refractivity contribution in [1.29, 1.82) is 0 Å². The van der Waals surface area contributed by atoms with Gasteiger partial charge >= 0.3 is 12.1 Å². The second-order valence-corrected chi connectivity index (χ2v) is 6.18. The lowest BCUT2D eigenvalue weighted by Crippen LogP contribution is -2.41. The van der Waals surface area contributed by atoms with E-state index >= 15 is 0 Å². The molecule has 0 saturated heterocycles. The summed E-state index contributed by atoms with van der Waals surface area (Å²) in [5.41, 5.74) is 1.35. The van der Waals surface area contributed by atoms with Gasteiger partial charge in [-0.05, 0) is 18.9 Å². The number of pyridine rings is 1. The van der Waals surface area contributed by atoms with E-state index < -0.39 is 18.1 Å². The van der Waals surface area contributed by atoms with E-state index in [2.05, 4.69) is 16.9 Å². The quantitative estimate of drug-likeness (QED) is 0.590. The van der Waals surface area contributed by atoms with Gasteiger partial charge in [0.15, 0.2) is 5.56 Å². The zero-order chi connectivity index (χ0) is 21.2. The standard InChI is InChI=1S/C21H24N2O6/c1-4-10-28-21(26)23-16(12-15-8-6-5-7-9-15)13-29-17-11-14(2)22-19(27-3)18(17)20(24)25/h4-9,11,16H,1,10,12-13H2,2-3H3,(H,23,26)(H,24,25)/t16-/m1/s1. The molecule has 2 rings (SSSR count). The van der Waals surface area contributed by atoms with Crippen LogP contribution in [0.2, 0.25) is 0 Å². The lowest BCUT2D eigenvalue weighted by Gasteiger charge is -2.20. The number of carbonyl (C=O) groups is 2. The van der Waals surface area contributed by atoms with Gasteiger partial charge in [-0.2, -0.15) is 0 Å². The minimum Gasteiger partial charge on any atom is -0.490 e. The summed E-state index contributed by atoms with van der Waals surface area (Å²) >= 11 is 0. The molecule has 0 aliphatic heterocycles. The number of aryl methyl sites for hydroxylation is 1. The van der Waals surface area contributed by atoms with E-state index in [1.54, 1.807) is 6.92 Å². The van der Waals surface area contributed by atoms with Crippen LogP contribution in [0.4, 0.5) is 4.79 Å². The fourth-order valence-electron chi connectivity index (χ4n) is 2.66. The summed E-state index contributed by atoms with van der Waals surface area (Å²) in [4.78, 5) is 27.7. The first-order valence-corrected chi connectivity index (χ1v) is 8.94. The molecule has 0 bridgehead atoms. The van der Waals surface area contributed by atoms with Crippen molar-refractivity contribution >= 4 is 12.1 Å². The number of hydrogen-bond acceptors (Lipinski definition) is 6. The Balaban J connectivity index is 2.20. The van der Waals surface area contributed by atoms with Crippen molar-refractivity contribution in [2.45, 2.75) is 19.4 Å². The van der Waals surface area contributed by atoms with Gasteiger partial charge in [0.05, 0.1) is 13.2 Å². The first-order valence-electron chi connectivity index (χ1n) is 8.94. The number of nitrogens with zero attached hydrogens (tertiary/aromatic N) is 1. The van der Waals surface area contributed by atoms with Crippen molar-refractivity contribution in [2.24, 2.45) is 0 Å². The van der Waals surface area contributed by atoms with E-state index in [0.717, 1.165) is 5.56 Å². The molecule has 8 heteroatoms. The molecule has 0 fully saturated rings. The Morgan fingerprint density at radius 1 is 1.31 bits per heavy atom. The smallest absolute Gasteiger partial charge is 0.407 e. The highest BCUT2D eigenvalue weighted by atomic mass is 16.5. The van der Waals surface area contributed by atoms with E-state index in [-0.39, 0.29) is 30.4 Å². The zero-order valence-electron chi connectivity index (χ0n) is 16.4. The Bertz CT molecular complexity index is 854. The molecule has 1 amide bonds. The lowest BCUT2D eigenvalue weighted by molar-refractivity contribution is 0.0686. The highest BCUT2D eigenvalue weighted by Gasteiger charge is 2.22. The van der Waals surface area contributed by atoms with Crippen molar-refractivity contribution in [1.82, 2.24) is 10.3 Å². The number of aromatic carboxylic acids is 1. The van der Waals surface area contributed by atoms with Gasteiger partial charge in [-0.1, -0.05) is 43.0 Å². The number of amides is 1. The summed E-state index contributed by atoms with van der Waals surface area (Å²) in [6, 6.07) is 10.6. The Morgan fingerprint density at radius 3 is 2.66 bits per heavy atom. The molecule has 1 aromatic carbocycles. The normalized spacial score (nSPS) is 11.2. The first kappa shape index (κ1) is 21.7. The first-order chi connectivity index (χ1) is 13.9. The van der Waals surface area contributed by atoms with Crippen molar-refractivity contribution in [2.75, 3.05) is 20.3 Å². The van der Waals surface area contributed by atoms with Gasteiger partial charge < -0.3 is 24.6 Å². The van der Waals surface area contributed by atoms with Crippen LogP contribution < -0.4 is 14.8 Å². The molecule has 1 heterocycles. The topological polar surface area (TPSA) is 107 Å². The number of carbonyl (C=O) groups excluding carboxylic acids is 1. The highest BCUT2D eigenvalue weighted by Crippen LogP contribution is 2.28. The molecular formula is C21H24N2O6. The Hall–Kier alpha value is -3.55. The average molecular weight is 400 g/mol. The third kappa shape index (κ3) is 6.53. The minimum atomic E-state index is -1.22. The number of benzene rings is 1. The fourth-order valence-corrected chi connectivity index (χ4v) is 2.66.